The van der Waals surface area contributed by atoms with Crippen LogP contribution in [-0.2, 0) is 16.6 Å². The van der Waals surface area contributed by atoms with E-state index in [-0.39, 0.29) is 10.6 Å². The molecular weight excluding hydrogens is 450 g/mol. The van der Waals surface area contributed by atoms with Crippen LogP contribution in [0.25, 0.3) is 0 Å². The molecule has 8 heteroatoms. The molecule has 0 aliphatic carbocycles. The van der Waals surface area contributed by atoms with Crippen LogP contribution in [0, 0.1) is 0 Å². The maximum atomic E-state index is 13.2. The van der Waals surface area contributed by atoms with Crippen LogP contribution >= 0.6 is 0 Å². The van der Waals surface area contributed by atoms with E-state index < -0.39 is 15.9 Å². The lowest BCUT2D eigenvalue weighted by atomic mass is 10.1. The lowest BCUT2D eigenvalue weighted by Gasteiger charge is -2.16. The molecule has 0 unspecified atom stereocenters. The quantitative estimate of drug-likeness (QED) is 0.337. The molecule has 4 N–H and O–H groups in total. The fourth-order valence-corrected chi connectivity index (χ4v) is 4.03. The normalized spacial score (nSPS) is 11.0. The Bertz CT molecular complexity index is 1390. The summed E-state index contributed by atoms with van der Waals surface area (Å²) in [5.41, 5.74) is 2.70. The molecule has 0 radical (unpaired) electrons. The van der Waals surface area contributed by atoms with Gasteiger partial charge in [-0.3, -0.25) is 4.79 Å². The van der Waals surface area contributed by atoms with Crippen molar-refractivity contribution in [2.75, 3.05) is 10.6 Å². The molecule has 0 aromatic heterocycles. The highest BCUT2D eigenvalue weighted by molar-refractivity contribution is 7.89. The van der Waals surface area contributed by atoms with Crippen LogP contribution in [0.3, 0.4) is 0 Å². The van der Waals surface area contributed by atoms with Crippen LogP contribution in [0.15, 0.2) is 108 Å². The Morgan fingerprint density at radius 3 is 2.15 bits per heavy atom. The van der Waals surface area contributed by atoms with Gasteiger partial charge in [-0.1, -0.05) is 60.7 Å². The van der Waals surface area contributed by atoms with Gasteiger partial charge in [0.1, 0.15) is 17.3 Å². The number of amides is 1. The molecule has 0 saturated carbocycles. The number of hydrogen-bond donors (Lipinski definition) is 3. The Hall–Kier alpha value is -4.14. The number of carbonyl (C=O) groups is 1. The zero-order chi connectivity index (χ0) is 24.0. The molecule has 0 fully saturated rings. The monoisotopic (exact) mass is 473 g/mol. The fraction of sp³-hybridized carbons (Fsp3) is 0.0385. The van der Waals surface area contributed by atoms with Crippen molar-refractivity contribution in [3.63, 3.8) is 0 Å². The highest BCUT2D eigenvalue weighted by atomic mass is 32.2. The van der Waals surface area contributed by atoms with E-state index in [1.165, 1.54) is 18.2 Å². The van der Waals surface area contributed by atoms with Crippen LogP contribution in [0.5, 0.6) is 5.75 Å². The van der Waals surface area contributed by atoms with E-state index >= 15 is 0 Å². The standard InChI is InChI=1S/C26H23N3O4S/c27-34(31,32)25-14-8-7-13-23(25)29-26(30)22-16-15-21(33-18-19-9-3-1-4-10-19)17-24(22)28-20-11-5-2-6-12-20/h1-17,28H,18H2,(H,29,30)(H2,27,31,32). The third kappa shape index (κ3) is 5.80. The summed E-state index contributed by atoms with van der Waals surface area (Å²) >= 11 is 0. The molecule has 34 heavy (non-hydrogen) atoms. The van der Waals surface area contributed by atoms with Crippen LogP contribution in [-0.4, -0.2) is 14.3 Å². The molecule has 1 amide bonds. The van der Waals surface area contributed by atoms with Gasteiger partial charge >= 0.3 is 0 Å². The van der Waals surface area contributed by atoms with Gasteiger partial charge in [0, 0.05) is 11.8 Å². The summed E-state index contributed by atoms with van der Waals surface area (Å²) in [4.78, 5) is 13.0. The molecule has 0 aliphatic heterocycles. The summed E-state index contributed by atoms with van der Waals surface area (Å²) in [6.07, 6.45) is 0. The molecule has 7 nitrogen and oxygen atoms in total. The Labute approximate surface area is 198 Å². The fourth-order valence-electron chi connectivity index (χ4n) is 3.34. The highest BCUT2D eigenvalue weighted by Crippen LogP contribution is 2.28. The SMILES string of the molecule is NS(=O)(=O)c1ccccc1NC(=O)c1ccc(OCc2ccccc2)cc1Nc1ccccc1. The second-order valence-electron chi connectivity index (χ2n) is 7.47. The van der Waals surface area contributed by atoms with Crippen molar-refractivity contribution >= 4 is 33.0 Å². The Kier molecular flexibility index (Phi) is 6.91. The van der Waals surface area contributed by atoms with Crippen molar-refractivity contribution < 1.29 is 17.9 Å². The van der Waals surface area contributed by atoms with Crippen molar-refractivity contribution in [1.29, 1.82) is 0 Å². The number of nitrogens with two attached hydrogens (primary N) is 1. The average molecular weight is 474 g/mol. The number of benzene rings is 4. The summed E-state index contributed by atoms with van der Waals surface area (Å²) in [5.74, 6) is 0.0768. The van der Waals surface area contributed by atoms with Crippen molar-refractivity contribution in [1.82, 2.24) is 0 Å². The average Bonchev–Trinajstić information content (AvgIpc) is 2.84. The van der Waals surface area contributed by atoms with Crippen LogP contribution < -0.4 is 20.5 Å². The first kappa shape index (κ1) is 23.0. The van der Waals surface area contributed by atoms with E-state index in [4.69, 9.17) is 9.88 Å². The Balaban J connectivity index is 1.63. The summed E-state index contributed by atoms with van der Waals surface area (Å²) < 4.78 is 29.7. The minimum Gasteiger partial charge on any atom is -0.489 e. The number of hydrogen-bond acceptors (Lipinski definition) is 5. The number of ether oxygens (including phenoxy) is 1. The maximum absolute atomic E-state index is 13.2. The van der Waals surface area contributed by atoms with Gasteiger partial charge < -0.3 is 15.4 Å². The van der Waals surface area contributed by atoms with Gasteiger partial charge in [-0.25, -0.2) is 13.6 Å². The number of sulfonamides is 1. The smallest absolute Gasteiger partial charge is 0.257 e. The van der Waals surface area contributed by atoms with Crippen molar-refractivity contribution in [2.45, 2.75) is 11.5 Å². The van der Waals surface area contributed by atoms with E-state index in [0.29, 0.717) is 23.6 Å². The molecule has 0 saturated heterocycles. The molecular formula is C26H23N3O4S. The van der Waals surface area contributed by atoms with Gasteiger partial charge in [-0.2, -0.15) is 0 Å². The summed E-state index contributed by atoms with van der Waals surface area (Å²) in [7, 11) is -4.01. The number of carbonyl (C=O) groups excluding carboxylic acids is 1. The predicted molar refractivity (Wildman–Crippen MR) is 133 cm³/mol. The summed E-state index contributed by atoms with van der Waals surface area (Å²) in [6.45, 7) is 0.374. The first-order valence-corrected chi connectivity index (χ1v) is 12.0. The maximum Gasteiger partial charge on any atom is 0.257 e. The number of nitrogens with one attached hydrogen (secondary N) is 2. The topological polar surface area (TPSA) is 111 Å². The Morgan fingerprint density at radius 2 is 1.44 bits per heavy atom. The number of rotatable bonds is 8. The second-order valence-corrected chi connectivity index (χ2v) is 9.00. The molecule has 0 atom stereocenters. The first-order chi connectivity index (χ1) is 16.4. The number of para-hydroxylation sites is 2. The first-order valence-electron chi connectivity index (χ1n) is 10.5. The predicted octanol–water partition coefficient (Wildman–Crippen LogP) is 4.91. The van der Waals surface area contributed by atoms with E-state index in [1.807, 2.05) is 60.7 Å². The molecule has 0 heterocycles. The van der Waals surface area contributed by atoms with Crippen molar-refractivity contribution in [3.05, 3.63) is 114 Å². The van der Waals surface area contributed by atoms with Crippen LogP contribution in [0.4, 0.5) is 17.1 Å². The zero-order valence-electron chi connectivity index (χ0n) is 18.1. The summed E-state index contributed by atoms with van der Waals surface area (Å²) in [5, 5.41) is 11.2. The number of primary sulfonamides is 1. The van der Waals surface area contributed by atoms with Gasteiger partial charge in [0.2, 0.25) is 10.0 Å². The van der Waals surface area contributed by atoms with Crippen molar-refractivity contribution in [2.24, 2.45) is 5.14 Å². The Morgan fingerprint density at radius 1 is 0.794 bits per heavy atom. The molecule has 0 aliphatic rings. The lowest BCUT2D eigenvalue weighted by molar-refractivity contribution is 0.102. The van der Waals surface area contributed by atoms with Crippen molar-refractivity contribution in [3.8, 4) is 5.75 Å². The molecule has 172 valence electrons. The van der Waals surface area contributed by atoms with E-state index in [2.05, 4.69) is 10.6 Å². The van der Waals surface area contributed by atoms with E-state index in [9.17, 15) is 13.2 Å². The third-order valence-electron chi connectivity index (χ3n) is 4.98. The van der Waals surface area contributed by atoms with E-state index in [0.717, 1.165) is 11.3 Å². The van der Waals surface area contributed by atoms with Gasteiger partial charge in [0.25, 0.3) is 5.91 Å². The van der Waals surface area contributed by atoms with Gasteiger partial charge in [-0.15, -0.1) is 0 Å². The van der Waals surface area contributed by atoms with E-state index in [1.54, 1.807) is 24.3 Å². The lowest BCUT2D eigenvalue weighted by Crippen LogP contribution is -2.19. The van der Waals surface area contributed by atoms with Crippen LogP contribution in [0.1, 0.15) is 15.9 Å². The molecule has 4 aromatic carbocycles. The second kappa shape index (κ2) is 10.2. The molecule has 0 bridgehead atoms. The van der Waals surface area contributed by atoms with Gasteiger partial charge in [-0.05, 0) is 42.0 Å². The highest BCUT2D eigenvalue weighted by Gasteiger charge is 2.18. The van der Waals surface area contributed by atoms with Crippen LogP contribution in [0.2, 0.25) is 0 Å². The molecule has 4 aromatic rings. The summed E-state index contributed by atoms with van der Waals surface area (Å²) in [6, 6.07) is 30.2. The van der Waals surface area contributed by atoms with Gasteiger partial charge in [0.15, 0.2) is 0 Å². The molecule has 4 rings (SSSR count). The minimum absolute atomic E-state index is 0.102. The van der Waals surface area contributed by atoms with Gasteiger partial charge in [0.05, 0.1) is 16.9 Å². The largest absolute Gasteiger partial charge is 0.489 e. The third-order valence-corrected chi connectivity index (χ3v) is 5.95. The molecule has 0 spiro atoms. The zero-order valence-corrected chi connectivity index (χ0v) is 19.0. The minimum atomic E-state index is -4.01. The number of anilines is 3.